The van der Waals surface area contributed by atoms with Crippen LogP contribution in [-0.2, 0) is 15.3 Å². The lowest BCUT2D eigenvalue weighted by atomic mass is 9.84. The number of nitrogens with zero attached hydrogens (tertiary/aromatic N) is 2. The van der Waals surface area contributed by atoms with Gasteiger partial charge in [-0.05, 0) is 66.8 Å². The van der Waals surface area contributed by atoms with Crippen LogP contribution < -0.4 is 10.5 Å². The maximum atomic E-state index is 6.13. The van der Waals surface area contributed by atoms with Crippen molar-refractivity contribution in [1.29, 1.82) is 0 Å². The number of halogens is 2. The van der Waals surface area contributed by atoms with Gasteiger partial charge in [0.15, 0.2) is 0 Å². The molecule has 3 heterocycles. The van der Waals surface area contributed by atoms with E-state index in [0.717, 1.165) is 77.8 Å². The van der Waals surface area contributed by atoms with Crippen LogP contribution in [0.2, 0.25) is 5.02 Å². The molecule has 0 bridgehead atoms. The fraction of sp³-hybridized carbons (Fsp3) is 0.296. The maximum Gasteiger partial charge on any atom is 0.131 e. The molecule has 0 spiro atoms. The summed E-state index contributed by atoms with van der Waals surface area (Å²) in [6.07, 6.45) is 6.96. The highest BCUT2D eigenvalue weighted by molar-refractivity contribution is 14.1. The highest BCUT2D eigenvalue weighted by atomic mass is 127. The molecule has 0 aliphatic carbocycles. The molecule has 2 aliphatic rings. The molecule has 5 nitrogen and oxygen atoms in total. The normalized spacial score (nSPS) is 18.6. The van der Waals surface area contributed by atoms with E-state index in [0.29, 0.717) is 6.61 Å². The summed E-state index contributed by atoms with van der Waals surface area (Å²) in [6, 6.07) is 18.0. The predicted octanol–water partition coefficient (Wildman–Crippen LogP) is 6.39. The highest BCUT2D eigenvalue weighted by Gasteiger charge is 2.37. The summed E-state index contributed by atoms with van der Waals surface area (Å²) in [5.74, 6) is 0.850. The lowest BCUT2D eigenvalue weighted by Crippen LogP contribution is -2.43. The average Bonchev–Trinajstić information content (AvgIpc) is 3.02. The summed E-state index contributed by atoms with van der Waals surface area (Å²) in [4.78, 5) is 7.07. The quantitative estimate of drug-likeness (QED) is 0.277. The van der Waals surface area contributed by atoms with Gasteiger partial charge in [-0.15, -0.1) is 0 Å². The summed E-state index contributed by atoms with van der Waals surface area (Å²) in [5, 5.41) is 0.752. The number of anilines is 1. The molecular formula is C27H27ClIN3O2. The number of aromatic nitrogens is 1. The fourth-order valence-corrected chi connectivity index (χ4v) is 5.71. The molecule has 5 rings (SSSR count). The Morgan fingerprint density at radius 2 is 1.91 bits per heavy atom. The van der Waals surface area contributed by atoms with Crippen molar-refractivity contribution in [3.05, 3.63) is 94.3 Å². The lowest BCUT2D eigenvalue weighted by molar-refractivity contribution is 0.0339. The van der Waals surface area contributed by atoms with Crippen LogP contribution >= 0.6 is 34.6 Å². The summed E-state index contributed by atoms with van der Waals surface area (Å²) in [7, 11) is 0. The molecule has 0 saturated carbocycles. The summed E-state index contributed by atoms with van der Waals surface area (Å²) >= 11 is 8.15. The van der Waals surface area contributed by atoms with Gasteiger partial charge in [0, 0.05) is 47.7 Å². The molecule has 2 N–H and O–H groups in total. The van der Waals surface area contributed by atoms with Crippen LogP contribution in [0.3, 0.4) is 0 Å². The largest absolute Gasteiger partial charge is 0.487 e. The number of ether oxygens (including phenoxy) is 1. The molecule has 176 valence electrons. The van der Waals surface area contributed by atoms with Crippen LogP contribution in [0.5, 0.6) is 5.75 Å². The van der Waals surface area contributed by atoms with E-state index in [1.807, 2.05) is 42.6 Å². The molecule has 1 fully saturated rings. The van der Waals surface area contributed by atoms with Gasteiger partial charge in [-0.25, -0.2) is 0 Å². The first-order chi connectivity index (χ1) is 16.6. The van der Waals surface area contributed by atoms with E-state index in [2.05, 4.69) is 57.2 Å². The number of hydrogen-bond donors (Lipinski definition) is 1. The Bertz CT molecular complexity index is 1190. The molecule has 2 aromatic carbocycles. The summed E-state index contributed by atoms with van der Waals surface area (Å²) < 4.78 is 12.1. The first kappa shape index (κ1) is 23.6. The molecule has 7 heteroatoms. The van der Waals surface area contributed by atoms with Crippen molar-refractivity contribution in [1.82, 2.24) is 9.88 Å². The second-order valence-electron chi connectivity index (χ2n) is 8.87. The zero-order valence-corrected chi connectivity index (χ0v) is 21.8. The van der Waals surface area contributed by atoms with E-state index in [1.54, 1.807) is 0 Å². The van der Waals surface area contributed by atoms with E-state index in [-0.39, 0.29) is 5.60 Å². The predicted molar refractivity (Wildman–Crippen MR) is 145 cm³/mol. The van der Waals surface area contributed by atoms with Gasteiger partial charge in [0.2, 0.25) is 0 Å². The van der Waals surface area contributed by atoms with Crippen molar-refractivity contribution in [2.45, 2.75) is 31.5 Å². The van der Waals surface area contributed by atoms with Crippen LogP contribution in [0, 0.1) is 0 Å². The SMILES string of the molecule is Nc1ccc2c(c1)/C(=C/CCN1CCC(OI)(c3ccc(Cl)cc3)CC1)c1cccnc1CO2. The topological polar surface area (TPSA) is 60.6 Å². The van der Waals surface area contributed by atoms with Gasteiger partial charge in [-0.2, -0.15) is 0 Å². The maximum absolute atomic E-state index is 6.13. The van der Waals surface area contributed by atoms with Gasteiger partial charge in [-0.1, -0.05) is 35.9 Å². The number of benzene rings is 2. The number of rotatable bonds is 5. The summed E-state index contributed by atoms with van der Waals surface area (Å²) in [6.45, 7) is 3.41. The van der Waals surface area contributed by atoms with Crippen molar-refractivity contribution < 1.29 is 7.80 Å². The van der Waals surface area contributed by atoms with Crippen LogP contribution in [0.1, 0.15) is 41.6 Å². The molecule has 1 saturated heterocycles. The van der Waals surface area contributed by atoms with Gasteiger partial charge in [0.05, 0.1) is 5.69 Å². The molecule has 0 radical (unpaired) electrons. The Morgan fingerprint density at radius 3 is 2.68 bits per heavy atom. The van der Waals surface area contributed by atoms with Gasteiger partial charge < -0.3 is 18.4 Å². The number of pyridine rings is 1. The zero-order valence-electron chi connectivity index (χ0n) is 18.8. The van der Waals surface area contributed by atoms with Crippen molar-refractivity contribution in [3.63, 3.8) is 0 Å². The molecule has 0 unspecified atom stereocenters. The Hall–Kier alpha value is -2.13. The molecular weight excluding hydrogens is 561 g/mol. The molecule has 0 atom stereocenters. The standard InChI is InChI=1S/C27H27ClIN3O2/c28-20-7-5-19(6-8-20)27(34-29)11-15-32(16-12-27)14-2-4-22-23-3-1-13-31-25(23)18-33-26-10-9-21(30)17-24(22)26/h1,3-10,13,17H,2,11-12,14-16,18,30H2/b22-4+. The number of hydrogen-bond acceptors (Lipinski definition) is 5. The van der Waals surface area contributed by atoms with Gasteiger partial charge in [-0.3, -0.25) is 4.98 Å². The molecule has 3 aromatic rings. The second kappa shape index (κ2) is 10.2. The number of nitrogen functional groups attached to an aromatic ring is 1. The van der Waals surface area contributed by atoms with Crippen molar-refractivity contribution in [2.24, 2.45) is 0 Å². The minimum Gasteiger partial charge on any atom is -0.487 e. The smallest absolute Gasteiger partial charge is 0.131 e. The molecule has 34 heavy (non-hydrogen) atoms. The molecule has 1 aromatic heterocycles. The second-order valence-corrected chi connectivity index (χ2v) is 9.75. The molecule has 0 amide bonds. The minimum absolute atomic E-state index is 0.250. The van der Waals surface area contributed by atoms with E-state index in [1.165, 1.54) is 5.56 Å². The molecule has 2 aliphatic heterocycles. The third-order valence-electron chi connectivity index (χ3n) is 6.81. The van der Waals surface area contributed by atoms with Crippen LogP contribution in [0.25, 0.3) is 5.57 Å². The first-order valence-corrected chi connectivity index (χ1v) is 12.8. The van der Waals surface area contributed by atoms with Gasteiger partial charge >= 0.3 is 0 Å². The minimum atomic E-state index is -0.250. The van der Waals surface area contributed by atoms with Crippen LogP contribution in [0.15, 0.2) is 66.9 Å². The Kier molecular flexibility index (Phi) is 7.11. The number of likely N-dealkylation sites (tertiary alicyclic amines) is 1. The van der Waals surface area contributed by atoms with Crippen LogP contribution in [-0.4, -0.2) is 29.5 Å². The van der Waals surface area contributed by atoms with E-state index < -0.39 is 0 Å². The lowest BCUT2D eigenvalue weighted by Gasteiger charge is -2.40. The first-order valence-electron chi connectivity index (χ1n) is 11.5. The third kappa shape index (κ3) is 4.82. The van der Waals surface area contributed by atoms with Gasteiger partial charge in [0.1, 0.15) is 41.0 Å². The van der Waals surface area contributed by atoms with Crippen LogP contribution in [0.4, 0.5) is 5.69 Å². The van der Waals surface area contributed by atoms with E-state index in [9.17, 15) is 0 Å². The average molecular weight is 588 g/mol. The Morgan fingerprint density at radius 1 is 1.12 bits per heavy atom. The summed E-state index contributed by atoms with van der Waals surface area (Å²) in [5.41, 5.74) is 12.1. The Labute approximate surface area is 219 Å². The van der Waals surface area contributed by atoms with E-state index >= 15 is 0 Å². The number of nitrogens with two attached hydrogens (primary N) is 1. The van der Waals surface area contributed by atoms with Crippen molar-refractivity contribution >= 4 is 45.9 Å². The zero-order chi connectivity index (χ0) is 23.5. The number of fused-ring (bicyclic) bond motifs is 2. The monoisotopic (exact) mass is 587 g/mol. The van der Waals surface area contributed by atoms with Gasteiger partial charge in [0.25, 0.3) is 0 Å². The van der Waals surface area contributed by atoms with Crippen molar-refractivity contribution in [2.75, 3.05) is 25.4 Å². The highest BCUT2D eigenvalue weighted by Crippen LogP contribution is 2.40. The van der Waals surface area contributed by atoms with E-state index in [4.69, 9.17) is 25.1 Å². The van der Waals surface area contributed by atoms with Crippen molar-refractivity contribution in [3.8, 4) is 5.75 Å². The Balaban J connectivity index is 1.31. The number of piperidine rings is 1. The third-order valence-corrected chi connectivity index (χ3v) is 7.91. The fourth-order valence-electron chi connectivity index (χ4n) is 4.89.